The zero-order valence-corrected chi connectivity index (χ0v) is 10.1. The van der Waals surface area contributed by atoms with Crippen molar-refractivity contribution in [3.63, 3.8) is 0 Å². The van der Waals surface area contributed by atoms with Gasteiger partial charge in [0.1, 0.15) is 6.04 Å². The van der Waals surface area contributed by atoms with Gasteiger partial charge in [-0.1, -0.05) is 20.3 Å². The third kappa shape index (κ3) is 2.09. The summed E-state index contributed by atoms with van der Waals surface area (Å²) in [5, 5.41) is 9.22. The zero-order valence-electron chi connectivity index (χ0n) is 10.1. The number of ether oxygens (including phenoxy) is 1. The maximum atomic E-state index is 11.2. The molecule has 0 aromatic heterocycles. The maximum Gasteiger partial charge on any atom is 0.323 e. The van der Waals surface area contributed by atoms with Crippen LogP contribution in [-0.4, -0.2) is 47.8 Å². The van der Waals surface area contributed by atoms with E-state index in [1.54, 1.807) is 0 Å². The van der Waals surface area contributed by atoms with E-state index in [2.05, 4.69) is 18.7 Å². The highest BCUT2D eigenvalue weighted by molar-refractivity contribution is 5.73. The summed E-state index contributed by atoms with van der Waals surface area (Å²) < 4.78 is 5.28. The van der Waals surface area contributed by atoms with Crippen LogP contribution >= 0.6 is 0 Å². The molecule has 2 rings (SSSR count). The van der Waals surface area contributed by atoms with E-state index >= 15 is 0 Å². The SMILES string of the molecule is CC1(C)CCCC1N1CCOCC1C(=O)O. The highest BCUT2D eigenvalue weighted by atomic mass is 16.5. The van der Waals surface area contributed by atoms with Crippen molar-refractivity contribution >= 4 is 5.97 Å². The predicted molar refractivity (Wildman–Crippen MR) is 60.4 cm³/mol. The smallest absolute Gasteiger partial charge is 0.323 e. The lowest BCUT2D eigenvalue weighted by atomic mass is 9.85. The Bertz CT molecular complexity index is 277. The van der Waals surface area contributed by atoms with E-state index in [1.807, 2.05) is 0 Å². The Morgan fingerprint density at radius 3 is 2.81 bits per heavy atom. The summed E-state index contributed by atoms with van der Waals surface area (Å²) >= 11 is 0. The van der Waals surface area contributed by atoms with E-state index in [1.165, 1.54) is 12.8 Å². The third-order valence-electron chi connectivity index (χ3n) is 4.06. The lowest BCUT2D eigenvalue weighted by Gasteiger charge is -2.42. The molecule has 0 spiro atoms. The molecule has 0 bridgehead atoms. The minimum Gasteiger partial charge on any atom is -0.480 e. The molecule has 2 unspecified atom stereocenters. The Morgan fingerprint density at radius 1 is 1.50 bits per heavy atom. The van der Waals surface area contributed by atoms with Crippen LogP contribution in [-0.2, 0) is 9.53 Å². The first-order valence-electron chi connectivity index (χ1n) is 6.09. The minimum absolute atomic E-state index is 0.241. The number of hydrogen-bond acceptors (Lipinski definition) is 3. The first-order chi connectivity index (χ1) is 7.52. The van der Waals surface area contributed by atoms with Crippen LogP contribution in [0.25, 0.3) is 0 Å². The summed E-state index contributed by atoms with van der Waals surface area (Å²) in [6.07, 6.45) is 3.53. The van der Waals surface area contributed by atoms with Gasteiger partial charge in [0.2, 0.25) is 0 Å². The molecule has 1 saturated heterocycles. The number of nitrogens with zero attached hydrogens (tertiary/aromatic N) is 1. The van der Waals surface area contributed by atoms with Gasteiger partial charge in [0, 0.05) is 12.6 Å². The fraction of sp³-hybridized carbons (Fsp3) is 0.917. The van der Waals surface area contributed by atoms with Crippen molar-refractivity contribution in [3.8, 4) is 0 Å². The van der Waals surface area contributed by atoms with Gasteiger partial charge in [0.15, 0.2) is 0 Å². The second-order valence-electron chi connectivity index (χ2n) is 5.56. The zero-order chi connectivity index (χ0) is 11.8. The fourth-order valence-corrected chi connectivity index (χ4v) is 3.13. The van der Waals surface area contributed by atoms with Crippen molar-refractivity contribution in [1.29, 1.82) is 0 Å². The molecule has 92 valence electrons. The van der Waals surface area contributed by atoms with E-state index < -0.39 is 12.0 Å². The molecular formula is C12H21NO3. The average molecular weight is 227 g/mol. The summed E-state index contributed by atoms with van der Waals surface area (Å²) in [5.74, 6) is -0.748. The van der Waals surface area contributed by atoms with Crippen LogP contribution in [0.5, 0.6) is 0 Å². The van der Waals surface area contributed by atoms with Crippen molar-refractivity contribution in [2.45, 2.75) is 45.2 Å². The molecule has 1 aliphatic heterocycles. The molecular weight excluding hydrogens is 206 g/mol. The van der Waals surface area contributed by atoms with E-state index in [0.29, 0.717) is 19.3 Å². The van der Waals surface area contributed by atoms with Gasteiger partial charge in [-0.25, -0.2) is 0 Å². The van der Waals surface area contributed by atoms with Crippen molar-refractivity contribution in [3.05, 3.63) is 0 Å². The number of rotatable bonds is 2. The molecule has 1 heterocycles. The molecule has 1 aliphatic carbocycles. The average Bonchev–Trinajstić information content (AvgIpc) is 2.58. The van der Waals surface area contributed by atoms with Crippen LogP contribution in [0, 0.1) is 5.41 Å². The standard InChI is InChI=1S/C12H21NO3/c1-12(2)5-3-4-10(12)13-6-7-16-8-9(13)11(14)15/h9-10H,3-8H2,1-2H3,(H,14,15). The number of aliphatic carboxylic acids is 1. The number of carbonyl (C=O) groups is 1. The van der Waals surface area contributed by atoms with Crippen LogP contribution < -0.4 is 0 Å². The predicted octanol–water partition coefficient (Wildman–Crippen LogP) is 1.35. The Morgan fingerprint density at radius 2 is 2.25 bits per heavy atom. The number of hydrogen-bond donors (Lipinski definition) is 1. The van der Waals surface area contributed by atoms with Gasteiger partial charge in [0.05, 0.1) is 13.2 Å². The molecule has 0 aromatic rings. The first kappa shape index (κ1) is 11.9. The lowest BCUT2D eigenvalue weighted by Crippen LogP contribution is -2.56. The number of carboxylic acid groups (broad SMARTS) is 1. The summed E-state index contributed by atoms with van der Waals surface area (Å²) in [4.78, 5) is 13.4. The molecule has 1 saturated carbocycles. The molecule has 2 atom stereocenters. The lowest BCUT2D eigenvalue weighted by molar-refractivity contribution is -0.153. The van der Waals surface area contributed by atoms with Crippen LogP contribution in [0.15, 0.2) is 0 Å². The van der Waals surface area contributed by atoms with Crippen molar-refractivity contribution in [2.24, 2.45) is 5.41 Å². The summed E-state index contributed by atoms with van der Waals surface area (Å²) in [6.45, 7) is 6.25. The Kier molecular flexibility index (Phi) is 3.22. The molecule has 16 heavy (non-hydrogen) atoms. The summed E-state index contributed by atoms with van der Waals surface area (Å²) in [5.41, 5.74) is 0.241. The summed E-state index contributed by atoms with van der Waals surface area (Å²) in [7, 11) is 0. The molecule has 2 aliphatic rings. The van der Waals surface area contributed by atoms with Gasteiger partial charge < -0.3 is 9.84 Å². The van der Waals surface area contributed by atoms with Crippen molar-refractivity contribution in [2.75, 3.05) is 19.8 Å². The molecule has 0 radical (unpaired) electrons. The summed E-state index contributed by atoms with van der Waals surface area (Å²) in [6, 6.07) is -0.0476. The van der Waals surface area contributed by atoms with Gasteiger partial charge in [0.25, 0.3) is 0 Å². The number of morpholine rings is 1. The van der Waals surface area contributed by atoms with Crippen LogP contribution in [0.3, 0.4) is 0 Å². The van der Waals surface area contributed by atoms with Gasteiger partial charge in [-0.05, 0) is 18.3 Å². The fourth-order valence-electron chi connectivity index (χ4n) is 3.13. The first-order valence-corrected chi connectivity index (χ1v) is 6.09. The van der Waals surface area contributed by atoms with Gasteiger partial charge in [-0.2, -0.15) is 0 Å². The van der Waals surface area contributed by atoms with Crippen LogP contribution in [0.4, 0.5) is 0 Å². The number of carboxylic acids is 1. The molecule has 4 heteroatoms. The Hall–Kier alpha value is -0.610. The largest absolute Gasteiger partial charge is 0.480 e. The second kappa shape index (κ2) is 4.34. The Labute approximate surface area is 96.6 Å². The molecule has 4 nitrogen and oxygen atoms in total. The van der Waals surface area contributed by atoms with E-state index in [9.17, 15) is 9.90 Å². The minimum atomic E-state index is -0.748. The van der Waals surface area contributed by atoms with Gasteiger partial charge in [-0.3, -0.25) is 9.69 Å². The normalized spacial score (nSPS) is 35.1. The van der Waals surface area contributed by atoms with Crippen LogP contribution in [0.2, 0.25) is 0 Å². The van der Waals surface area contributed by atoms with Gasteiger partial charge in [-0.15, -0.1) is 0 Å². The van der Waals surface area contributed by atoms with E-state index in [4.69, 9.17) is 4.74 Å². The van der Waals surface area contributed by atoms with Gasteiger partial charge >= 0.3 is 5.97 Å². The Balaban J connectivity index is 2.14. The second-order valence-corrected chi connectivity index (χ2v) is 5.56. The molecule has 0 amide bonds. The maximum absolute atomic E-state index is 11.2. The van der Waals surface area contributed by atoms with E-state index in [0.717, 1.165) is 13.0 Å². The molecule has 2 fully saturated rings. The van der Waals surface area contributed by atoms with Crippen molar-refractivity contribution < 1.29 is 14.6 Å². The highest BCUT2D eigenvalue weighted by Gasteiger charge is 2.43. The molecule has 1 N–H and O–H groups in total. The van der Waals surface area contributed by atoms with Crippen molar-refractivity contribution in [1.82, 2.24) is 4.90 Å². The third-order valence-corrected chi connectivity index (χ3v) is 4.06. The highest BCUT2D eigenvalue weighted by Crippen LogP contribution is 2.41. The topological polar surface area (TPSA) is 49.8 Å². The monoisotopic (exact) mass is 227 g/mol. The van der Waals surface area contributed by atoms with Crippen LogP contribution in [0.1, 0.15) is 33.1 Å². The quantitative estimate of drug-likeness (QED) is 0.773. The molecule has 0 aromatic carbocycles. The van der Waals surface area contributed by atoms with E-state index in [-0.39, 0.29) is 5.41 Å².